The molecule has 0 aliphatic heterocycles. The molecule has 0 aliphatic carbocycles. The van der Waals surface area contributed by atoms with Crippen LogP contribution in [0.25, 0.3) is 0 Å². The Labute approximate surface area is 66.2 Å². The van der Waals surface area contributed by atoms with Gasteiger partial charge in [-0.1, -0.05) is 0 Å². The lowest BCUT2D eigenvalue weighted by Crippen LogP contribution is -2.00. The first-order valence-electron chi connectivity index (χ1n) is 3.25. The summed E-state index contributed by atoms with van der Waals surface area (Å²) >= 11 is 0. The molecule has 0 amide bonds. The van der Waals surface area contributed by atoms with Gasteiger partial charge in [-0.3, -0.25) is 0 Å². The molecular formula is C8H9N3. The van der Waals surface area contributed by atoms with Gasteiger partial charge in [0.2, 0.25) is 0 Å². The molecule has 0 heterocycles. The van der Waals surface area contributed by atoms with Crippen molar-refractivity contribution in [3.63, 3.8) is 0 Å². The van der Waals surface area contributed by atoms with E-state index in [4.69, 9.17) is 10.5 Å². The number of hydrogen-bond acceptors (Lipinski definition) is 3. The van der Waals surface area contributed by atoms with Gasteiger partial charge in [-0.05, 0) is 25.3 Å². The van der Waals surface area contributed by atoms with Crippen LogP contribution >= 0.6 is 0 Å². The van der Waals surface area contributed by atoms with Crippen molar-refractivity contribution in [3.8, 4) is 12.1 Å². The highest BCUT2D eigenvalue weighted by atomic mass is 14.8. The molecule has 0 atom stereocenters. The third kappa shape index (κ3) is 4.74. The predicted molar refractivity (Wildman–Crippen MR) is 42.1 cm³/mol. The summed E-state index contributed by atoms with van der Waals surface area (Å²) in [5.74, 6) is 0. The van der Waals surface area contributed by atoms with E-state index >= 15 is 0 Å². The molecule has 0 spiro atoms. The van der Waals surface area contributed by atoms with Crippen LogP contribution in [0.15, 0.2) is 23.9 Å². The second kappa shape index (κ2) is 6.38. The molecule has 0 aliphatic rings. The molecule has 0 aromatic carbocycles. The van der Waals surface area contributed by atoms with Crippen LogP contribution in [0.5, 0.6) is 0 Å². The molecule has 0 fully saturated rings. The zero-order valence-electron chi connectivity index (χ0n) is 6.33. The Hall–Kier alpha value is -1.74. The lowest BCUT2D eigenvalue weighted by Gasteiger charge is -1.87. The zero-order valence-corrected chi connectivity index (χ0v) is 6.33. The minimum Gasteiger partial charge on any atom is -0.391 e. The van der Waals surface area contributed by atoms with Crippen molar-refractivity contribution in [2.45, 2.75) is 6.92 Å². The van der Waals surface area contributed by atoms with Gasteiger partial charge in [0.05, 0.1) is 0 Å². The SMILES string of the molecule is CCNC=CC=C(C#N)C#N. The third-order valence-corrected chi connectivity index (χ3v) is 0.922. The molecule has 11 heavy (non-hydrogen) atoms. The van der Waals surface area contributed by atoms with E-state index in [1.165, 1.54) is 6.08 Å². The Balaban J connectivity index is 3.93. The largest absolute Gasteiger partial charge is 0.391 e. The van der Waals surface area contributed by atoms with E-state index in [0.717, 1.165) is 6.54 Å². The molecule has 0 saturated carbocycles. The van der Waals surface area contributed by atoms with Crippen molar-refractivity contribution in [3.05, 3.63) is 23.9 Å². The highest BCUT2D eigenvalue weighted by Crippen LogP contribution is 1.87. The molecule has 0 saturated heterocycles. The molecule has 0 rings (SSSR count). The zero-order chi connectivity index (χ0) is 8.53. The summed E-state index contributed by atoms with van der Waals surface area (Å²) in [5.41, 5.74) is 0.110. The number of hydrogen-bond donors (Lipinski definition) is 1. The number of rotatable bonds is 3. The van der Waals surface area contributed by atoms with Gasteiger partial charge in [-0.15, -0.1) is 0 Å². The molecule has 3 nitrogen and oxygen atoms in total. The van der Waals surface area contributed by atoms with Crippen LogP contribution < -0.4 is 5.32 Å². The fraction of sp³-hybridized carbons (Fsp3) is 0.250. The van der Waals surface area contributed by atoms with Gasteiger partial charge in [0.25, 0.3) is 0 Å². The van der Waals surface area contributed by atoms with Crippen molar-refractivity contribution in [1.29, 1.82) is 10.5 Å². The van der Waals surface area contributed by atoms with E-state index in [-0.39, 0.29) is 5.57 Å². The second-order valence-electron chi connectivity index (χ2n) is 1.72. The van der Waals surface area contributed by atoms with E-state index in [1.807, 2.05) is 6.92 Å². The maximum Gasteiger partial charge on any atom is 0.129 e. The summed E-state index contributed by atoms with van der Waals surface area (Å²) in [5, 5.41) is 19.5. The van der Waals surface area contributed by atoms with Crippen LogP contribution in [-0.4, -0.2) is 6.54 Å². The molecule has 0 unspecified atom stereocenters. The number of nitriles is 2. The lowest BCUT2D eigenvalue weighted by atomic mass is 10.3. The molecule has 0 radical (unpaired) electrons. The summed E-state index contributed by atoms with van der Waals surface area (Å²) in [6.07, 6.45) is 4.78. The van der Waals surface area contributed by atoms with Gasteiger partial charge >= 0.3 is 0 Å². The van der Waals surface area contributed by atoms with Gasteiger partial charge in [0.15, 0.2) is 0 Å². The van der Waals surface area contributed by atoms with Crippen LogP contribution in [0.2, 0.25) is 0 Å². The van der Waals surface area contributed by atoms with E-state index in [0.29, 0.717) is 0 Å². The summed E-state index contributed by atoms with van der Waals surface area (Å²) in [6.45, 7) is 2.79. The van der Waals surface area contributed by atoms with Crippen LogP contribution in [0.4, 0.5) is 0 Å². The predicted octanol–water partition coefficient (Wildman–Crippen LogP) is 1.08. The van der Waals surface area contributed by atoms with Gasteiger partial charge in [0, 0.05) is 6.54 Å². The summed E-state index contributed by atoms with van der Waals surface area (Å²) in [7, 11) is 0. The molecule has 0 aromatic heterocycles. The first-order chi connectivity index (χ1) is 5.35. The fourth-order valence-electron chi connectivity index (χ4n) is 0.430. The summed E-state index contributed by atoms with van der Waals surface area (Å²) in [4.78, 5) is 0. The summed E-state index contributed by atoms with van der Waals surface area (Å²) < 4.78 is 0. The van der Waals surface area contributed by atoms with Gasteiger partial charge < -0.3 is 5.32 Å². The van der Waals surface area contributed by atoms with Crippen LogP contribution in [0.3, 0.4) is 0 Å². The van der Waals surface area contributed by atoms with Gasteiger partial charge in [-0.2, -0.15) is 10.5 Å². The van der Waals surface area contributed by atoms with Crippen LogP contribution in [0.1, 0.15) is 6.92 Å². The highest BCUT2D eigenvalue weighted by Gasteiger charge is 1.84. The molecule has 56 valence electrons. The van der Waals surface area contributed by atoms with Crippen molar-refractivity contribution in [2.75, 3.05) is 6.54 Å². The minimum atomic E-state index is 0.110. The molecule has 0 bridgehead atoms. The van der Waals surface area contributed by atoms with Crippen LogP contribution in [-0.2, 0) is 0 Å². The van der Waals surface area contributed by atoms with E-state index in [2.05, 4.69) is 5.32 Å². The lowest BCUT2D eigenvalue weighted by molar-refractivity contribution is 0.919. The first kappa shape index (κ1) is 9.26. The molecule has 3 heteroatoms. The minimum absolute atomic E-state index is 0.110. The standard InChI is InChI=1S/C8H9N3/c1-2-11-5-3-4-8(6-9)7-10/h3-5,11H,2H2,1H3. The van der Waals surface area contributed by atoms with Crippen LogP contribution in [0, 0.1) is 22.7 Å². The Bertz CT molecular complexity index is 221. The molecule has 0 aromatic rings. The van der Waals surface area contributed by atoms with E-state index < -0.39 is 0 Å². The van der Waals surface area contributed by atoms with Gasteiger partial charge in [-0.25, -0.2) is 0 Å². The van der Waals surface area contributed by atoms with Gasteiger partial charge in [0.1, 0.15) is 17.7 Å². The average molecular weight is 147 g/mol. The average Bonchev–Trinajstić information content (AvgIpc) is 2.05. The quantitative estimate of drug-likeness (QED) is 0.480. The topological polar surface area (TPSA) is 59.6 Å². The van der Waals surface area contributed by atoms with E-state index in [1.54, 1.807) is 24.4 Å². The Morgan fingerprint density at radius 2 is 2.09 bits per heavy atom. The normalized spacial score (nSPS) is 8.27. The number of nitrogens with zero attached hydrogens (tertiary/aromatic N) is 2. The maximum atomic E-state index is 8.29. The molecular weight excluding hydrogens is 138 g/mol. The van der Waals surface area contributed by atoms with Crippen molar-refractivity contribution >= 4 is 0 Å². The van der Waals surface area contributed by atoms with Crippen molar-refractivity contribution in [2.24, 2.45) is 0 Å². The first-order valence-corrected chi connectivity index (χ1v) is 3.25. The van der Waals surface area contributed by atoms with Crippen molar-refractivity contribution < 1.29 is 0 Å². The monoisotopic (exact) mass is 147 g/mol. The fourth-order valence-corrected chi connectivity index (χ4v) is 0.430. The van der Waals surface area contributed by atoms with Crippen molar-refractivity contribution in [1.82, 2.24) is 5.32 Å². The Morgan fingerprint density at radius 1 is 1.45 bits per heavy atom. The van der Waals surface area contributed by atoms with E-state index in [9.17, 15) is 0 Å². The molecule has 1 N–H and O–H groups in total. The summed E-state index contributed by atoms with van der Waals surface area (Å²) in [6, 6.07) is 3.50. The highest BCUT2D eigenvalue weighted by molar-refractivity contribution is 5.37. The smallest absolute Gasteiger partial charge is 0.129 e. The number of nitrogens with one attached hydrogen (secondary N) is 1. The maximum absolute atomic E-state index is 8.29. The second-order valence-corrected chi connectivity index (χ2v) is 1.72. The third-order valence-electron chi connectivity index (χ3n) is 0.922. The Kier molecular flexibility index (Phi) is 5.37. The number of allylic oxidation sites excluding steroid dienone is 3. The Morgan fingerprint density at radius 3 is 2.55 bits per heavy atom.